The number of hydrogen-bond acceptors (Lipinski definition) is 9. The maximum atomic E-state index is 6.55. The van der Waals surface area contributed by atoms with Crippen LogP contribution in [-0.2, 0) is 35.4 Å². The fourth-order valence-corrected chi connectivity index (χ4v) is 13.5. The van der Waals surface area contributed by atoms with Gasteiger partial charge in [0, 0.05) is 92.9 Å². The van der Waals surface area contributed by atoms with Crippen molar-refractivity contribution in [3.63, 3.8) is 0 Å². The Labute approximate surface area is 283 Å². The molecular weight excluding hydrogens is 687 g/mol. The third-order valence-corrected chi connectivity index (χ3v) is 16.8. The topological polar surface area (TPSA) is 65.1 Å². The van der Waals surface area contributed by atoms with Gasteiger partial charge in [-0.1, -0.05) is 59.7 Å². The monoisotopic (exact) mass is 729 g/mol. The summed E-state index contributed by atoms with van der Waals surface area (Å²) < 4.78 is 45.3. The Bertz CT molecular complexity index is 1330. The molecule has 1 aliphatic rings. The van der Waals surface area contributed by atoms with Gasteiger partial charge in [0.2, 0.25) is 0 Å². The second kappa shape index (κ2) is 15.9. The van der Waals surface area contributed by atoms with Crippen LogP contribution in [0.5, 0.6) is 34.5 Å². The molecule has 0 radical (unpaired) electrons. The summed E-state index contributed by atoms with van der Waals surface area (Å²) in [5, 5.41) is 0. The number of rotatable bonds is 9. The fraction of sp³-hybridized carbons (Fsp3) is 0.400. The zero-order valence-electron chi connectivity index (χ0n) is 26.5. The van der Waals surface area contributed by atoms with Gasteiger partial charge in [-0.05, 0) is 36.4 Å². The second-order valence-electron chi connectivity index (χ2n) is 9.79. The average Bonchev–Trinajstić information content (AvgIpc) is 2.98. The molecule has 15 heteroatoms. The summed E-state index contributed by atoms with van der Waals surface area (Å²) in [6.07, 6.45) is 0. The molecule has 1 heterocycles. The van der Waals surface area contributed by atoms with Gasteiger partial charge >= 0.3 is 19.9 Å². The van der Waals surface area contributed by atoms with Gasteiger partial charge in [-0.2, -0.15) is 0 Å². The van der Waals surface area contributed by atoms with Crippen molar-refractivity contribution in [3.8, 4) is 34.5 Å². The van der Waals surface area contributed by atoms with Crippen molar-refractivity contribution < 1.29 is 27.1 Å². The maximum Gasteiger partial charge on any atom is 0.367 e. The number of hydrogen-bond donors (Lipinski definition) is 0. The fourth-order valence-electron chi connectivity index (χ4n) is 4.67. The molecule has 3 aromatic carbocycles. The number of fused-ring (bicyclic) bond motifs is 6. The molecule has 0 amide bonds. The highest BCUT2D eigenvalue weighted by molar-refractivity contribution is 8.09. The van der Waals surface area contributed by atoms with Gasteiger partial charge in [-0.25, -0.2) is 14.0 Å². The van der Waals surface area contributed by atoms with E-state index < -0.39 is 19.9 Å². The molecule has 246 valence electrons. The van der Waals surface area contributed by atoms with E-state index in [1.165, 1.54) is 0 Å². The van der Waals surface area contributed by atoms with Gasteiger partial charge in [0.15, 0.2) is 0 Å². The Morgan fingerprint density at radius 1 is 0.400 bits per heavy atom. The minimum atomic E-state index is -3.09. The Hall–Kier alpha value is -1.71. The van der Waals surface area contributed by atoms with Gasteiger partial charge in [0.25, 0.3) is 0 Å². The van der Waals surface area contributed by atoms with Crippen LogP contribution < -0.4 is 27.1 Å². The summed E-state index contributed by atoms with van der Waals surface area (Å²) >= 11 is 18.5. The Kier molecular flexibility index (Phi) is 12.8. The Morgan fingerprint density at radius 2 is 0.578 bits per heavy atom. The van der Waals surface area contributed by atoms with Crippen molar-refractivity contribution in [3.05, 3.63) is 72.8 Å². The van der Waals surface area contributed by atoms with Crippen LogP contribution in [0.4, 0.5) is 0 Å². The molecule has 0 aromatic heterocycles. The average molecular weight is 730 g/mol. The third-order valence-electron chi connectivity index (χ3n) is 6.97. The first kappa shape index (κ1) is 36.1. The van der Waals surface area contributed by atoms with Crippen molar-refractivity contribution >= 4 is 55.3 Å². The van der Waals surface area contributed by atoms with Crippen LogP contribution in [0.1, 0.15) is 41.5 Å². The van der Waals surface area contributed by atoms with Gasteiger partial charge in [-0.15, -0.1) is 0 Å². The highest BCUT2D eigenvalue weighted by Crippen LogP contribution is 2.57. The molecule has 6 bridgehead atoms. The predicted octanol–water partition coefficient (Wildman–Crippen LogP) is 9.07. The maximum absolute atomic E-state index is 6.55. The molecule has 0 fully saturated rings. The molecule has 0 saturated heterocycles. The lowest BCUT2D eigenvalue weighted by atomic mass is 10.3. The molecule has 0 saturated carbocycles. The standard InChI is InChI=1S/C30H42N3O6P3S3/c1-7-31(8-2)40(43)34-25-16-13-18-27(22-25)36-41(44,32(9-3)10-4)38-29-20-15-21-30(24-29)39-42(45,33(11-5)12-6)37-28-19-14-17-26(23-28)35-40/h13-24H,7-12H2,1-6H3. The molecule has 4 rings (SSSR count). The van der Waals surface area contributed by atoms with Crippen LogP contribution in [0.2, 0.25) is 0 Å². The first-order valence-corrected chi connectivity index (χ1v) is 22.8. The molecule has 0 unspecified atom stereocenters. The van der Waals surface area contributed by atoms with Crippen molar-refractivity contribution in [1.82, 2.24) is 14.0 Å². The largest absolute Gasteiger partial charge is 0.424 e. The molecule has 3 aromatic rings. The lowest BCUT2D eigenvalue weighted by molar-refractivity contribution is 0.358. The lowest BCUT2D eigenvalue weighted by Crippen LogP contribution is -2.26. The molecule has 1 aliphatic heterocycles. The predicted molar refractivity (Wildman–Crippen MR) is 195 cm³/mol. The Balaban J connectivity index is 1.91. The van der Waals surface area contributed by atoms with Gasteiger partial charge in [-0.3, -0.25) is 0 Å². The SMILES string of the molecule is CCN(CC)P1(=S)Oc2cccc(c2)OP(=S)(N(CC)CC)Oc2cccc(c2)OP(=S)(N(CC)CC)Oc2cccc(c2)O1. The minimum Gasteiger partial charge on any atom is -0.424 e. The number of nitrogens with zero attached hydrogens (tertiary/aromatic N) is 3. The van der Waals surface area contributed by atoms with Crippen LogP contribution in [0.25, 0.3) is 0 Å². The summed E-state index contributed by atoms with van der Waals surface area (Å²) in [4.78, 5) is 0. The van der Waals surface area contributed by atoms with E-state index in [-0.39, 0.29) is 0 Å². The lowest BCUT2D eigenvalue weighted by Gasteiger charge is -2.34. The van der Waals surface area contributed by atoms with Crippen LogP contribution in [-0.4, -0.2) is 53.3 Å². The van der Waals surface area contributed by atoms with Gasteiger partial charge in [0.05, 0.1) is 0 Å². The summed E-state index contributed by atoms with van der Waals surface area (Å²) in [6, 6.07) is 21.9. The first-order chi connectivity index (χ1) is 21.5. The molecule has 9 nitrogen and oxygen atoms in total. The van der Waals surface area contributed by atoms with E-state index in [0.29, 0.717) is 73.8 Å². The van der Waals surface area contributed by atoms with Crippen LogP contribution in [0, 0.1) is 0 Å². The highest BCUT2D eigenvalue weighted by atomic mass is 32.5. The molecule has 0 N–H and O–H groups in total. The second-order valence-corrected chi connectivity index (χ2v) is 19.6. The quantitative estimate of drug-likeness (QED) is 0.198. The third kappa shape index (κ3) is 8.81. The van der Waals surface area contributed by atoms with Crippen LogP contribution >= 0.6 is 19.9 Å². The summed E-state index contributed by atoms with van der Waals surface area (Å²) in [5.74, 6) is 3.03. The first-order valence-electron chi connectivity index (χ1n) is 15.1. The van der Waals surface area contributed by atoms with E-state index in [4.69, 9.17) is 62.6 Å². The van der Waals surface area contributed by atoms with E-state index >= 15 is 0 Å². The van der Waals surface area contributed by atoms with E-state index in [1.54, 1.807) is 18.2 Å². The van der Waals surface area contributed by atoms with Crippen LogP contribution in [0.3, 0.4) is 0 Å². The highest BCUT2D eigenvalue weighted by Gasteiger charge is 2.34. The zero-order valence-corrected chi connectivity index (χ0v) is 31.7. The van der Waals surface area contributed by atoms with Gasteiger partial charge < -0.3 is 27.1 Å². The molecule has 0 atom stereocenters. The molecule has 0 aliphatic carbocycles. The summed E-state index contributed by atoms with van der Waals surface area (Å²) in [7, 11) is 0. The van der Waals surface area contributed by atoms with E-state index in [0.717, 1.165) is 0 Å². The van der Waals surface area contributed by atoms with Crippen LogP contribution in [0.15, 0.2) is 72.8 Å². The van der Waals surface area contributed by atoms with Crippen molar-refractivity contribution in [2.45, 2.75) is 41.5 Å². The van der Waals surface area contributed by atoms with E-state index in [1.807, 2.05) is 110 Å². The number of benzene rings is 3. The van der Waals surface area contributed by atoms with Crippen molar-refractivity contribution in [2.75, 3.05) is 39.3 Å². The zero-order chi connectivity index (χ0) is 32.7. The van der Waals surface area contributed by atoms with E-state index in [9.17, 15) is 0 Å². The van der Waals surface area contributed by atoms with Crippen molar-refractivity contribution in [1.29, 1.82) is 0 Å². The smallest absolute Gasteiger partial charge is 0.367 e. The summed E-state index contributed by atoms with van der Waals surface area (Å²) in [5.41, 5.74) is 0. The molecule has 0 spiro atoms. The normalized spacial score (nSPS) is 23.4. The summed E-state index contributed by atoms with van der Waals surface area (Å²) in [6.45, 7) is 6.67. The van der Waals surface area contributed by atoms with Gasteiger partial charge in [0.1, 0.15) is 34.5 Å². The van der Waals surface area contributed by atoms with E-state index in [2.05, 4.69) is 0 Å². The minimum absolute atomic E-state index is 0.504. The molecule has 45 heavy (non-hydrogen) atoms. The Morgan fingerprint density at radius 3 is 0.733 bits per heavy atom. The molecular formula is C30H42N3O6P3S3. The van der Waals surface area contributed by atoms with Crippen molar-refractivity contribution in [2.24, 2.45) is 0 Å².